The van der Waals surface area contributed by atoms with E-state index in [0.29, 0.717) is 12.5 Å². The molecule has 0 unspecified atom stereocenters. The molecule has 0 N–H and O–H groups in total. The molecule has 0 atom stereocenters. The molecule has 156 valence electrons. The van der Waals surface area contributed by atoms with Crippen molar-refractivity contribution in [3.63, 3.8) is 0 Å². The summed E-state index contributed by atoms with van der Waals surface area (Å²) >= 11 is 0. The van der Waals surface area contributed by atoms with Crippen LogP contribution in [0.1, 0.15) is 61.6 Å². The van der Waals surface area contributed by atoms with Crippen molar-refractivity contribution in [2.75, 3.05) is 4.90 Å². The average Bonchev–Trinajstić information content (AvgIpc) is 3.42. The summed E-state index contributed by atoms with van der Waals surface area (Å²) in [6.45, 7) is 6.02. The number of anilines is 1. The lowest BCUT2D eigenvalue weighted by Gasteiger charge is -2.31. The Hall–Kier alpha value is -2.94. The van der Waals surface area contributed by atoms with Crippen molar-refractivity contribution in [2.45, 2.75) is 77.9 Å². The van der Waals surface area contributed by atoms with E-state index in [1.807, 2.05) is 6.33 Å². The summed E-state index contributed by atoms with van der Waals surface area (Å²) < 4.78 is 2.10. The third kappa shape index (κ3) is 4.30. The van der Waals surface area contributed by atoms with Crippen LogP contribution in [0.2, 0.25) is 0 Å². The van der Waals surface area contributed by atoms with Gasteiger partial charge in [0.1, 0.15) is 6.33 Å². The molecule has 3 aromatic rings. The lowest BCUT2D eigenvalue weighted by atomic mass is 10.0. The molecule has 1 fully saturated rings. The second-order valence-electron chi connectivity index (χ2n) is 8.42. The molecule has 1 aromatic carbocycles. The molecule has 1 aliphatic rings. The zero-order chi connectivity index (χ0) is 20.9. The normalized spacial score (nSPS) is 14.3. The predicted octanol–water partition coefficient (Wildman–Crippen LogP) is 5.09. The predicted molar refractivity (Wildman–Crippen MR) is 119 cm³/mol. The molecule has 0 saturated heterocycles. The fourth-order valence-corrected chi connectivity index (χ4v) is 4.48. The van der Waals surface area contributed by atoms with Gasteiger partial charge in [0.15, 0.2) is 17.0 Å². The third-order valence-electron chi connectivity index (χ3n) is 6.20. The minimum Gasteiger partial charge on any atom is -0.347 e. The maximum absolute atomic E-state index is 8.76. The van der Waals surface area contributed by atoms with E-state index >= 15 is 0 Å². The summed E-state index contributed by atoms with van der Waals surface area (Å²) in [5.74, 6) is 0.948. The quantitative estimate of drug-likeness (QED) is 0.491. The number of nitriles is 1. The summed E-state index contributed by atoms with van der Waals surface area (Å²) in [6, 6.07) is 9.39. The highest BCUT2D eigenvalue weighted by atomic mass is 15.2. The van der Waals surface area contributed by atoms with E-state index < -0.39 is 0 Å². The Balaban J connectivity index is 1.67. The van der Waals surface area contributed by atoms with Gasteiger partial charge in [0.05, 0.1) is 12.4 Å². The lowest BCUT2D eigenvalue weighted by Crippen LogP contribution is -2.34. The second kappa shape index (κ2) is 9.25. The standard InChI is InChI=1S/C24H30N6/c1-18-10-11-19(2)20(14-18)15-30(21-8-4-5-9-21)24-22-23(26-16-27-24)29(17-28-22)13-7-3-6-12-25/h10-11,14,16-17,21H,3-9,13,15H2,1-2H3. The van der Waals surface area contributed by atoms with Crippen LogP contribution < -0.4 is 4.90 Å². The molecule has 1 saturated carbocycles. The van der Waals surface area contributed by atoms with Gasteiger partial charge in [-0.1, -0.05) is 36.6 Å². The van der Waals surface area contributed by atoms with Gasteiger partial charge < -0.3 is 9.47 Å². The van der Waals surface area contributed by atoms with Crippen molar-refractivity contribution >= 4 is 17.0 Å². The number of rotatable bonds is 8. The maximum Gasteiger partial charge on any atom is 0.165 e. The van der Waals surface area contributed by atoms with Gasteiger partial charge in [-0.3, -0.25) is 0 Å². The van der Waals surface area contributed by atoms with Crippen LogP contribution in [0.4, 0.5) is 5.82 Å². The number of fused-ring (bicyclic) bond motifs is 1. The van der Waals surface area contributed by atoms with E-state index in [4.69, 9.17) is 15.2 Å². The average molecular weight is 403 g/mol. The molecule has 1 aliphatic carbocycles. The molecule has 2 aromatic heterocycles. The first-order valence-corrected chi connectivity index (χ1v) is 11.0. The van der Waals surface area contributed by atoms with Crippen LogP contribution in [0.5, 0.6) is 0 Å². The SMILES string of the molecule is Cc1ccc(C)c(CN(c2ncnc3c2ncn3CCCCC#N)C2CCCC2)c1. The number of benzene rings is 1. The van der Waals surface area contributed by atoms with E-state index in [-0.39, 0.29) is 0 Å². The summed E-state index contributed by atoms with van der Waals surface area (Å²) in [7, 11) is 0. The second-order valence-corrected chi connectivity index (χ2v) is 8.42. The highest BCUT2D eigenvalue weighted by molar-refractivity contribution is 5.83. The Morgan fingerprint density at radius 2 is 1.97 bits per heavy atom. The molecule has 30 heavy (non-hydrogen) atoms. The Kier molecular flexibility index (Phi) is 6.27. The molecule has 0 radical (unpaired) electrons. The van der Waals surface area contributed by atoms with Crippen molar-refractivity contribution in [3.05, 3.63) is 47.5 Å². The molecule has 6 nitrogen and oxygen atoms in total. The van der Waals surface area contributed by atoms with Crippen LogP contribution in [-0.4, -0.2) is 25.6 Å². The molecule has 0 spiro atoms. The number of nitrogens with zero attached hydrogens (tertiary/aromatic N) is 6. The fraction of sp³-hybridized carbons (Fsp3) is 0.500. The minimum absolute atomic E-state index is 0.490. The molecular formula is C24H30N6. The highest BCUT2D eigenvalue weighted by Gasteiger charge is 2.27. The summed E-state index contributed by atoms with van der Waals surface area (Å²) in [5, 5.41) is 8.76. The third-order valence-corrected chi connectivity index (χ3v) is 6.20. The van der Waals surface area contributed by atoms with Gasteiger partial charge >= 0.3 is 0 Å². The molecule has 0 aliphatic heterocycles. The van der Waals surface area contributed by atoms with Crippen LogP contribution in [0.3, 0.4) is 0 Å². The Morgan fingerprint density at radius 3 is 2.77 bits per heavy atom. The van der Waals surface area contributed by atoms with Gasteiger partial charge in [-0.05, 0) is 50.7 Å². The van der Waals surface area contributed by atoms with Gasteiger partial charge in [-0.25, -0.2) is 15.0 Å². The fourth-order valence-electron chi connectivity index (χ4n) is 4.48. The number of imidazole rings is 1. The van der Waals surface area contributed by atoms with Crippen LogP contribution >= 0.6 is 0 Å². The smallest absolute Gasteiger partial charge is 0.165 e. The first-order chi connectivity index (χ1) is 14.7. The molecule has 0 amide bonds. The van der Waals surface area contributed by atoms with Gasteiger partial charge in [0, 0.05) is 25.6 Å². The Labute approximate surface area is 178 Å². The van der Waals surface area contributed by atoms with Crippen molar-refractivity contribution < 1.29 is 0 Å². The van der Waals surface area contributed by atoms with Gasteiger partial charge in [-0.15, -0.1) is 0 Å². The molecule has 0 bridgehead atoms. The van der Waals surface area contributed by atoms with Crippen LogP contribution in [0.25, 0.3) is 11.2 Å². The maximum atomic E-state index is 8.76. The topological polar surface area (TPSA) is 70.6 Å². The van der Waals surface area contributed by atoms with Crippen molar-refractivity contribution in [3.8, 4) is 6.07 Å². The van der Waals surface area contributed by atoms with E-state index in [2.05, 4.69) is 52.6 Å². The molecule has 6 heteroatoms. The summed E-state index contributed by atoms with van der Waals surface area (Å²) in [4.78, 5) is 16.5. The first-order valence-electron chi connectivity index (χ1n) is 11.0. The van der Waals surface area contributed by atoms with E-state index in [1.54, 1.807) is 6.33 Å². The zero-order valence-electron chi connectivity index (χ0n) is 18.0. The summed E-state index contributed by atoms with van der Waals surface area (Å²) in [5.41, 5.74) is 5.73. The largest absolute Gasteiger partial charge is 0.347 e. The van der Waals surface area contributed by atoms with Gasteiger partial charge in [0.2, 0.25) is 0 Å². The Bertz CT molecular complexity index is 1040. The van der Waals surface area contributed by atoms with Crippen molar-refractivity contribution in [2.24, 2.45) is 0 Å². The first kappa shape index (κ1) is 20.3. The van der Waals surface area contributed by atoms with E-state index in [0.717, 1.165) is 42.9 Å². The zero-order valence-corrected chi connectivity index (χ0v) is 18.0. The number of aromatic nitrogens is 4. The Morgan fingerprint density at radius 1 is 1.13 bits per heavy atom. The minimum atomic E-state index is 0.490. The monoisotopic (exact) mass is 402 g/mol. The number of hydrogen-bond acceptors (Lipinski definition) is 5. The van der Waals surface area contributed by atoms with Crippen LogP contribution in [0.15, 0.2) is 30.9 Å². The van der Waals surface area contributed by atoms with E-state index in [9.17, 15) is 0 Å². The van der Waals surface area contributed by atoms with Crippen molar-refractivity contribution in [1.29, 1.82) is 5.26 Å². The van der Waals surface area contributed by atoms with Gasteiger partial charge in [0.25, 0.3) is 0 Å². The molecule has 4 rings (SSSR count). The number of aryl methyl sites for hydroxylation is 3. The molecule has 2 heterocycles. The summed E-state index contributed by atoms with van der Waals surface area (Å²) in [6.07, 6.45) is 10.9. The van der Waals surface area contributed by atoms with E-state index in [1.165, 1.54) is 42.4 Å². The van der Waals surface area contributed by atoms with Crippen molar-refractivity contribution in [1.82, 2.24) is 19.5 Å². The highest BCUT2D eigenvalue weighted by Crippen LogP contribution is 2.32. The molecular weight excluding hydrogens is 372 g/mol. The number of unbranched alkanes of at least 4 members (excludes halogenated alkanes) is 2. The lowest BCUT2D eigenvalue weighted by molar-refractivity contribution is 0.597. The van der Waals surface area contributed by atoms with Gasteiger partial charge in [-0.2, -0.15) is 5.26 Å². The van der Waals surface area contributed by atoms with Crippen LogP contribution in [0, 0.1) is 25.2 Å². The van der Waals surface area contributed by atoms with Crippen LogP contribution in [-0.2, 0) is 13.1 Å². The number of hydrogen-bond donors (Lipinski definition) is 0.